The van der Waals surface area contributed by atoms with Gasteiger partial charge in [-0.1, -0.05) is 35.9 Å². The van der Waals surface area contributed by atoms with Gasteiger partial charge < -0.3 is 4.74 Å². The topological polar surface area (TPSA) is 94.8 Å². The minimum atomic E-state index is -0.248. The van der Waals surface area contributed by atoms with Crippen LogP contribution in [0.25, 0.3) is 11.3 Å². The van der Waals surface area contributed by atoms with Gasteiger partial charge in [0, 0.05) is 16.5 Å². The molecule has 0 spiro atoms. The second-order valence-corrected chi connectivity index (χ2v) is 8.17. The maximum atomic E-state index is 12.7. The Morgan fingerprint density at radius 2 is 2.00 bits per heavy atom. The lowest BCUT2D eigenvalue weighted by Crippen LogP contribution is -2.12. The highest BCUT2D eigenvalue weighted by Gasteiger charge is 2.13. The first-order valence-electron chi connectivity index (χ1n) is 9.83. The Kier molecular flexibility index (Phi) is 6.03. The van der Waals surface area contributed by atoms with Crippen LogP contribution in [0.2, 0.25) is 0 Å². The van der Waals surface area contributed by atoms with E-state index in [0.717, 1.165) is 11.3 Å². The lowest BCUT2D eigenvalue weighted by molar-refractivity contribution is 0.102. The van der Waals surface area contributed by atoms with Crippen molar-refractivity contribution in [2.24, 2.45) is 0 Å². The third kappa shape index (κ3) is 4.95. The molecule has 0 unspecified atom stereocenters. The van der Waals surface area contributed by atoms with Crippen molar-refractivity contribution in [1.82, 2.24) is 25.2 Å². The molecule has 0 saturated heterocycles. The molecular formula is C22H22N6O2S. The lowest BCUT2D eigenvalue weighted by Gasteiger charge is -2.10. The molecule has 0 saturated carbocycles. The largest absolute Gasteiger partial charge is 0.486 e. The Morgan fingerprint density at radius 3 is 2.77 bits per heavy atom. The van der Waals surface area contributed by atoms with E-state index in [1.807, 2.05) is 50.4 Å². The number of rotatable bonds is 7. The minimum Gasteiger partial charge on any atom is -0.486 e. The van der Waals surface area contributed by atoms with Crippen LogP contribution in [0, 0.1) is 6.92 Å². The minimum absolute atomic E-state index is 0.133. The molecular weight excluding hydrogens is 412 g/mol. The number of aryl methyl sites for hydroxylation is 1. The van der Waals surface area contributed by atoms with Crippen LogP contribution in [-0.4, -0.2) is 31.1 Å². The molecule has 31 heavy (non-hydrogen) atoms. The van der Waals surface area contributed by atoms with E-state index in [9.17, 15) is 4.79 Å². The van der Waals surface area contributed by atoms with Crippen LogP contribution in [0.15, 0.2) is 53.9 Å². The second-order valence-electron chi connectivity index (χ2n) is 7.31. The van der Waals surface area contributed by atoms with Gasteiger partial charge in [-0.2, -0.15) is 0 Å². The third-order valence-electron chi connectivity index (χ3n) is 4.59. The summed E-state index contributed by atoms with van der Waals surface area (Å²) in [7, 11) is 0. The second kappa shape index (κ2) is 9.05. The van der Waals surface area contributed by atoms with Crippen molar-refractivity contribution in [3.8, 4) is 17.0 Å². The van der Waals surface area contributed by atoms with Crippen LogP contribution < -0.4 is 10.1 Å². The summed E-state index contributed by atoms with van der Waals surface area (Å²) in [5, 5.41) is 17.0. The molecule has 4 aromatic rings. The fraction of sp³-hybridized carbons (Fsp3) is 0.227. The van der Waals surface area contributed by atoms with Crippen LogP contribution in [0.3, 0.4) is 0 Å². The molecule has 4 rings (SSSR count). The molecule has 9 heteroatoms. The summed E-state index contributed by atoms with van der Waals surface area (Å²) in [5.41, 5.74) is 3.52. The first-order valence-corrected chi connectivity index (χ1v) is 10.7. The van der Waals surface area contributed by atoms with Crippen molar-refractivity contribution in [1.29, 1.82) is 0 Å². The fourth-order valence-electron chi connectivity index (χ4n) is 2.94. The molecule has 1 N–H and O–H groups in total. The summed E-state index contributed by atoms with van der Waals surface area (Å²) < 4.78 is 7.50. The summed E-state index contributed by atoms with van der Waals surface area (Å²) in [6.45, 7) is 6.24. The molecule has 0 aliphatic heterocycles. The Hall–Kier alpha value is -3.59. The number of benzene rings is 2. The van der Waals surface area contributed by atoms with E-state index in [0.29, 0.717) is 22.3 Å². The number of aromatic nitrogens is 5. The Bertz CT molecular complexity index is 1180. The molecule has 0 atom stereocenters. The van der Waals surface area contributed by atoms with Crippen molar-refractivity contribution >= 4 is 22.4 Å². The number of carbonyl (C=O) groups excluding carboxylic acids is 1. The molecule has 2 aromatic heterocycles. The van der Waals surface area contributed by atoms with E-state index in [-0.39, 0.29) is 18.6 Å². The van der Waals surface area contributed by atoms with E-state index in [4.69, 9.17) is 4.74 Å². The highest BCUT2D eigenvalue weighted by atomic mass is 32.1. The zero-order valence-electron chi connectivity index (χ0n) is 17.4. The van der Waals surface area contributed by atoms with Gasteiger partial charge in [0.1, 0.15) is 12.4 Å². The number of amides is 1. The normalized spacial score (nSPS) is 11.0. The van der Waals surface area contributed by atoms with Gasteiger partial charge in [-0.15, -0.1) is 16.4 Å². The van der Waals surface area contributed by atoms with Gasteiger partial charge in [0.05, 0.1) is 11.7 Å². The van der Waals surface area contributed by atoms with Crippen LogP contribution >= 0.6 is 11.3 Å². The molecule has 8 nitrogen and oxygen atoms in total. The molecule has 0 aliphatic rings. The van der Waals surface area contributed by atoms with Crippen LogP contribution in [0.4, 0.5) is 5.13 Å². The van der Waals surface area contributed by atoms with Gasteiger partial charge >= 0.3 is 0 Å². The van der Waals surface area contributed by atoms with E-state index in [1.165, 1.54) is 16.9 Å². The van der Waals surface area contributed by atoms with Gasteiger partial charge in [-0.25, -0.2) is 9.67 Å². The fourth-order valence-corrected chi connectivity index (χ4v) is 3.66. The Morgan fingerprint density at radius 1 is 1.19 bits per heavy atom. The Labute approximate surface area is 183 Å². The average Bonchev–Trinajstić information content (AvgIpc) is 3.43. The van der Waals surface area contributed by atoms with Crippen molar-refractivity contribution in [2.75, 3.05) is 5.32 Å². The van der Waals surface area contributed by atoms with Crippen LogP contribution in [0.1, 0.15) is 41.6 Å². The summed E-state index contributed by atoms with van der Waals surface area (Å²) in [6, 6.07) is 15.2. The zero-order valence-corrected chi connectivity index (χ0v) is 18.3. The maximum absolute atomic E-state index is 12.7. The molecule has 1 amide bonds. The first kappa shape index (κ1) is 20.7. The number of tetrazole rings is 1. The molecule has 2 aromatic carbocycles. The Balaban J connectivity index is 1.41. The average molecular weight is 435 g/mol. The van der Waals surface area contributed by atoms with E-state index >= 15 is 0 Å². The summed E-state index contributed by atoms with van der Waals surface area (Å²) in [6.07, 6.45) is 0. The van der Waals surface area contributed by atoms with E-state index in [1.54, 1.807) is 28.9 Å². The molecule has 0 aliphatic carbocycles. The standard InChI is InChI=1S/C22H22N6O2S/c1-14(2)28-20(25-26-27-28)12-30-18-6-4-5-17(11-18)21(29)24-22-23-19(13-31-22)16-9-7-15(3)8-10-16/h4-11,13-14H,12H2,1-3H3,(H,23,24,29). The number of hydrogen-bond acceptors (Lipinski definition) is 7. The van der Waals surface area contributed by atoms with E-state index < -0.39 is 0 Å². The molecule has 0 fully saturated rings. The first-order chi connectivity index (χ1) is 15.0. The number of hydrogen-bond donors (Lipinski definition) is 1. The van der Waals surface area contributed by atoms with Crippen LogP contribution in [-0.2, 0) is 6.61 Å². The lowest BCUT2D eigenvalue weighted by atomic mass is 10.1. The number of thiazole rings is 1. The summed E-state index contributed by atoms with van der Waals surface area (Å²) in [5.74, 6) is 0.934. The molecule has 0 radical (unpaired) electrons. The number of nitrogens with one attached hydrogen (secondary N) is 1. The van der Waals surface area contributed by atoms with E-state index in [2.05, 4.69) is 25.8 Å². The number of nitrogens with zero attached hydrogens (tertiary/aromatic N) is 5. The number of anilines is 1. The van der Waals surface area contributed by atoms with Crippen molar-refractivity contribution in [3.05, 3.63) is 70.9 Å². The SMILES string of the molecule is Cc1ccc(-c2csc(NC(=O)c3cccc(OCc4nnnn4C(C)C)c3)n2)cc1. The summed E-state index contributed by atoms with van der Waals surface area (Å²) in [4.78, 5) is 17.2. The van der Waals surface area contributed by atoms with Crippen LogP contribution in [0.5, 0.6) is 5.75 Å². The van der Waals surface area contributed by atoms with Gasteiger partial charge in [0.25, 0.3) is 5.91 Å². The third-order valence-corrected chi connectivity index (χ3v) is 5.34. The smallest absolute Gasteiger partial charge is 0.257 e. The van der Waals surface area contributed by atoms with Gasteiger partial charge in [-0.05, 0) is 49.4 Å². The van der Waals surface area contributed by atoms with Crippen molar-refractivity contribution in [2.45, 2.75) is 33.4 Å². The molecule has 0 bridgehead atoms. The predicted molar refractivity (Wildman–Crippen MR) is 119 cm³/mol. The predicted octanol–water partition coefficient (Wildman–Crippen LogP) is 4.52. The van der Waals surface area contributed by atoms with Gasteiger partial charge in [0.15, 0.2) is 11.0 Å². The zero-order chi connectivity index (χ0) is 21.8. The quantitative estimate of drug-likeness (QED) is 0.460. The molecule has 158 valence electrons. The summed E-state index contributed by atoms with van der Waals surface area (Å²) >= 11 is 1.39. The van der Waals surface area contributed by atoms with Gasteiger partial charge in [0.2, 0.25) is 0 Å². The highest BCUT2D eigenvalue weighted by molar-refractivity contribution is 7.14. The van der Waals surface area contributed by atoms with Crippen molar-refractivity contribution in [3.63, 3.8) is 0 Å². The highest BCUT2D eigenvalue weighted by Crippen LogP contribution is 2.26. The maximum Gasteiger partial charge on any atom is 0.257 e. The molecule has 2 heterocycles. The number of carbonyl (C=O) groups is 1. The monoisotopic (exact) mass is 434 g/mol. The number of ether oxygens (including phenoxy) is 1. The van der Waals surface area contributed by atoms with Gasteiger partial charge in [-0.3, -0.25) is 10.1 Å². The van der Waals surface area contributed by atoms with Crippen molar-refractivity contribution < 1.29 is 9.53 Å².